The lowest BCUT2D eigenvalue weighted by Gasteiger charge is -2.10. The molecular formula is C13H18N2O2. The first-order valence-corrected chi connectivity index (χ1v) is 5.94. The van der Waals surface area contributed by atoms with Crippen LogP contribution in [0, 0.1) is 0 Å². The predicted octanol–water partition coefficient (Wildman–Crippen LogP) is 1.47. The van der Waals surface area contributed by atoms with E-state index in [9.17, 15) is 4.79 Å². The number of unbranched alkanes of at least 4 members (excludes halogenated alkanes) is 1. The van der Waals surface area contributed by atoms with Crippen LogP contribution in [0.1, 0.15) is 24.0 Å². The van der Waals surface area contributed by atoms with Crippen molar-refractivity contribution in [1.82, 2.24) is 0 Å². The number of rotatable bonds is 5. The van der Waals surface area contributed by atoms with Crippen LogP contribution in [0.25, 0.3) is 0 Å². The maximum absolute atomic E-state index is 11.4. The molecule has 0 spiro atoms. The number of amides is 1. The van der Waals surface area contributed by atoms with Gasteiger partial charge in [-0.25, -0.2) is 0 Å². The number of carbonyl (C=O) groups excluding carboxylic acids is 1. The van der Waals surface area contributed by atoms with Gasteiger partial charge in [0.25, 0.3) is 0 Å². The van der Waals surface area contributed by atoms with E-state index in [0.29, 0.717) is 6.42 Å². The molecule has 0 radical (unpaired) electrons. The Bertz CT molecular complexity index is 430. The average molecular weight is 234 g/mol. The highest BCUT2D eigenvalue weighted by atomic mass is 16.5. The molecule has 1 amide bonds. The van der Waals surface area contributed by atoms with Crippen molar-refractivity contribution in [1.29, 1.82) is 0 Å². The topological polar surface area (TPSA) is 64.3 Å². The van der Waals surface area contributed by atoms with Crippen molar-refractivity contribution in [3.8, 4) is 5.75 Å². The number of nitrogens with one attached hydrogen (secondary N) is 1. The molecule has 0 aromatic heterocycles. The number of anilines is 1. The molecule has 1 aliphatic heterocycles. The van der Waals surface area contributed by atoms with Gasteiger partial charge in [-0.2, -0.15) is 0 Å². The van der Waals surface area contributed by atoms with E-state index in [4.69, 9.17) is 10.5 Å². The zero-order chi connectivity index (χ0) is 12.3. The molecule has 3 N–H and O–H groups in total. The fourth-order valence-electron chi connectivity index (χ4n) is 2.15. The van der Waals surface area contributed by atoms with E-state index in [1.54, 1.807) is 7.11 Å². The monoisotopic (exact) mass is 234 g/mol. The molecule has 0 fully saturated rings. The normalized spacial score (nSPS) is 13.4. The molecule has 2 rings (SSSR count). The number of methoxy groups -OCH3 is 1. The average Bonchev–Trinajstić information content (AvgIpc) is 2.68. The van der Waals surface area contributed by atoms with Crippen molar-refractivity contribution < 1.29 is 9.53 Å². The molecule has 0 bridgehead atoms. The first-order chi connectivity index (χ1) is 8.24. The Labute approximate surface area is 101 Å². The maximum Gasteiger partial charge on any atom is 0.228 e. The minimum Gasteiger partial charge on any atom is -0.495 e. The highest BCUT2D eigenvalue weighted by molar-refractivity contribution is 6.01. The van der Waals surface area contributed by atoms with Gasteiger partial charge in [0, 0.05) is 0 Å². The lowest BCUT2D eigenvalue weighted by Crippen LogP contribution is -2.04. The van der Waals surface area contributed by atoms with E-state index < -0.39 is 0 Å². The van der Waals surface area contributed by atoms with Crippen LogP contribution in [-0.2, 0) is 17.6 Å². The summed E-state index contributed by atoms with van der Waals surface area (Å²) in [5.74, 6) is 0.800. The summed E-state index contributed by atoms with van der Waals surface area (Å²) in [5, 5.41) is 2.83. The summed E-state index contributed by atoms with van der Waals surface area (Å²) in [4.78, 5) is 11.4. The molecular weight excluding hydrogens is 216 g/mol. The molecule has 1 aliphatic rings. The van der Waals surface area contributed by atoms with E-state index >= 15 is 0 Å². The third kappa shape index (κ3) is 2.58. The number of hydrogen-bond donors (Lipinski definition) is 2. The molecule has 0 aliphatic carbocycles. The largest absolute Gasteiger partial charge is 0.495 e. The Balaban J connectivity index is 2.20. The number of ether oxygens (including phenoxy) is 1. The first kappa shape index (κ1) is 11.9. The van der Waals surface area contributed by atoms with E-state index in [2.05, 4.69) is 11.4 Å². The van der Waals surface area contributed by atoms with Crippen LogP contribution in [0.3, 0.4) is 0 Å². The molecule has 92 valence electrons. The number of nitrogens with two attached hydrogens (primary N) is 1. The standard InChI is InChI=1S/C13H18N2O2/c1-17-11-7-9(4-2-3-5-14)6-10-8-12(16)15-13(10)11/h6-7H,2-5,8,14H2,1H3,(H,15,16). The van der Waals surface area contributed by atoms with Gasteiger partial charge in [0.1, 0.15) is 5.75 Å². The van der Waals surface area contributed by atoms with Crippen molar-refractivity contribution >= 4 is 11.6 Å². The van der Waals surface area contributed by atoms with Crippen molar-refractivity contribution in [2.24, 2.45) is 5.73 Å². The molecule has 4 heteroatoms. The second-order valence-electron chi connectivity index (χ2n) is 4.30. The zero-order valence-corrected chi connectivity index (χ0v) is 10.1. The predicted molar refractivity (Wildman–Crippen MR) is 67.3 cm³/mol. The van der Waals surface area contributed by atoms with Gasteiger partial charge in [-0.15, -0.1) is 0 Å². The summed E-state index contributed by atoms with van der Waals surface area (Å²) in [6.07, 6.45) is 3.53. The number of benzene rings is 1. The Hall–Kier alpha value is -1.55. The number of carbonyl (C=O) groups is 1. The second kappa shape index (κ2) is 5.19. The van der Waals surface area contributed by atoms with Crippen molar-refractivity contribution in [2.45, 2.75) is 25.7 Å². The van der Waals surface area contributed by atoms with Gasteiger partial charge < -0.3 is 15.8 Å². The summed E-state index contributed by atoms with van der Waals surface area (Å²) in [7, 11) is 1.63. The van der Waals surface area contributed by atoms with Gasteiger partial charge in [-0.05, 0) is 43.0 Å². The van der Waals surface area contributed by atoms with Gasteiger partial charge in [-0.3, -0.25) is 4.79 Å². The minimum absolute atomic E-state index is 0.0393. The third-order valence-electron chi connectivity index (χ3n) is 3.00. The van der Waals surface area contributed by atoms with E-state index in [1.165, 1.54) is 5.56 Å². The molecule has 17 heavy (non-hydrogen) atoms. The molecule has 1 aromatic carbocycles. The van der Waals surface area contributed by atoms with Crippen LogP contribution in [-0.4, -0.2) is 19.6 Å². The molecule has 0 saturated carbocycles. The number of fused-ring (bicyclic) bond motifs is 1. The number of hydrogen-bond acceptors (Lipinski definition) is 3. The van der Waals surface area contributed by atoms with Crippen molar-refractivity contribution in [3.63, 3.8) is 0 Å². The summed E-state index contributed by atoms with van der Waals surface area (Å²) in [6, 6.07) is 4.09. The molecule has 1 heterocycles. The van der Waals surface area contributed by atoms with Crippen LogP contribution < -0.4 is 15.8 Å². The minimum atomic E-state index is 0.0393. The van der Waals surface area contributed by atoms with Crippen LogP contribution in [0.15, 0.2) is 12.1 Å². The molecule has 0 atom stereocenters. The second-order valence-corrected chi connectivity index (χ2v) is 4.30. The van der Waals surface area contributed by atoms with Gasteiger partial charge >= 0.3 is 0 Å². The first-order valence-electron chi connectivity index (χ1n) is 5.94. The fraction of sp³-hybridized carbons (Fsp3) is 0.462. The Morgan fingerprint density at radius 3 is 2.94 bits per heavy atom. The lowest BCUT2D eigenvalue weighted by molar-refractivity contribution is -0.115. The van der Waals surface area contributed by atoms with E-state index in [-0.39, 0.29) is 5.91 Å². The molecule has 0 unspecified atom stereocenters. The summed E-state index contributed by atoms with van der Waals surface area (Å²) >= 11 is 0. The van der Waals surface area contributed by atoms with E-state index in [0.717, 1.165) is 42.8 Å². The lowest BCUT2D eigenvalue weighted by atomic mass is 10.0. The Morgan fingerprint density at radius 2 is 2.24 bits per heavy atom. The number of aryl methyl sites for hydroxylation is 1. The van der Waals surface area contributed by atoms with Gasteiger partial charge in [0.2, 0.25) is 5.91 Å². The van der Waals surface area contributed by atoms with Crippen LogP contribution >= 0.6 is 0 Å². The molecule has 1 aromatic rings. The SMILES string of the molecule is COc1cc(CCCCN)cc2c1NC(=O)C2. The quantitative estimate of drug-likeness (QED) is 0.758. The summed E-state index contributed by atoms with van der Waals surface area (Å²) < 4.78 is 5.31. The van der Waals surface area contributed by atoms with E-state index in [1.807, 2.05) is 6.07 Å². The third-order valence-corrected chi connectivity index (χ3v) is 3.00. The van der Waals surface area contributed by atoms with Crippen LogP contribution in [0.2, 0.25) is 0 Å². The van der Waals surface area contributed by atoms with Gasteiger partial charge in [0.05, 0.1) is 19.2 Å². The molecule has 4 nitrogen and oxygen atoms in total. The Kier molecular flexibility index (Phi) is 3.64. The highest BCUT2D eigenvalue weighted by Gasteiger charge is 2.22. The molecule has 0 saturated heterocycles. The smallest absolute Gasteiger partial charge is 0.228 e. The zero-order valence-electron chi connectivity index (χ0n) is 10.1. The fourth-order valence-corrected chi connectivity index (χ4v) is 2.15. The summed E-state index contributed by atoms with van der Waals surface area (Å²) in [5.41, 5.74) is 8.56. The van der Waals surface area contributed by atoms with Crippen molar-refractivity contribution in [3.05, 3.63) is 23.3 Å². The van der Waals surface area contributed by atoms with Crippen molar-refractivity contribution in [2.75, 3.05) is 19.0 Å². The van der Waals surface area contributed by atoms with Crippen LogP contribution in [0.5, 0.6) is 5.75 Å². The Morgan fingerprint density at radius 1 is 1.41 bits per heavy atom. The maximum atomic E-state index is 11.4. The van der Waals surface area contributed by atoms with Gasteiger partial charge in [0.15, 0.2) is 0 Å². The van der Waals surface area contributed by atoms with Crippen LogP contribution in [0.4, 0.5) is 5.69 Å². The van der Waals surface area contributed by atoms with Gasteiger partial charge in [-0.1, -0.05) is 6.07 Å². The highest BCUT2D eigenvalue weighted by Crippen LogP contribution is 2.34. The summed E-state index contributed by atoms with van der Waals surface area (Å²) in [6.45, 7) is 0.724.